The Bertz CT molecular complexity index is 390. The molecule has 5 nitrogen and oxygen atoms in total. The van der Waals surface area contributed by atoms with E-state index in [1.807, 2.05) is 13.8 Å². The predicted molar refractivity (Wildman–Crippen MR) is 67.8 cm³/mol. The fourth-order valence-electron chi connectivity index (χ4n) is 1.29. The number of nitrogens with two attached hydrogens (primary N) is 1. The van der Waals surface area contributed by atoms with Crippen LogP contribution in [0.3, 0.4) is 0 Å². The number of nitrogens with zero attached hydrogens (tertiary/aromatic N) is 2. The number of halogens is 1. The minimum Gasteiger partial charge on any atom is -0.320 e. The molecule has 0 unspecified atom stereocenters. The van der Waals surface area contributed by atoms with Crippen LogP contribution in [0, 0.1) is 12.8 Å². The maximum absolute atomic E-state index is 11.8. The number of rotatable bonds is 4. The number of amides is 1. The van der Waals surface area contributed by atoms with Crippen LogP contribution < -0.4 is 11.1 Å². The molecule has 94 valence electrons. The summed E-state index contributed by atoms with van der Waals surface area (Å²) in [7, 11) is 0. The number of carbonyl (C=O) groups is 1. The zero-order valence-corrected chi connectivity index (χ0v) is 11.0. The van der Waals surface area contributed by atoms with Gasteiger partial charge in [0, 0.05) is 5.69 Å². The lowest BCUT2D eigenvalue weighted by Crippen LogP contribution is -2.41. The molecule has 0 spiro atoms. The van der Waals surface area contributed by atoms with Gasteiger partial charge in [-0.1, -0.05) is 31.9 Å². The van der Waals surface area contributed by atoms with Crippen molar-refractivity contribution in [2.45, 2.75) is 33.2 Å². The van der Waals surface area contributed by atoms with E-state index in [-0.39, 0.29) is 17.8 Å². The number of nitrogens with one attached hydrogen (secondary N) is 1. The van der Waals surface area contributed by atoms with Gasteiger partial charge < -0.3 is 5.73 Å². The molecule has 0 saturated carbocycles. The summed E-state index contributed by atoms with van der Waals surface area (Å²) in [5.41, 5.74) is 6.49. The molecule has 0 aliphatic rings. The fraction of sp³-hybridized carbons (Fsp3) is 0.545. The third-order valence-corrected chi connectivity index (χ3v) is 2.81. The SMILES string of the molecule is CC[C@H](C)[C@H](N)C(=O)Nc1nc(C)cc(Cl)n1. The zero-order chi connectivity index (χ0) is 13.0. The van der Waals surface area contributed by atoms with Gasteiger partial charge in [-0.2, -0.15) is 0 Å². The summed E-state index contributed by atoms with van der Waals surface area (Å²) in [5.74, 6) is 0.00931. The maximum atomic E-state index is 11.8. The van der Waals surface area contributed by atoms with E-state index < -0.39 is 6.04 Å². The fourth-order valence-corrected chi connectivity index (χ4v) is 1.53. The molecule has 6 heteroatoms. The minimum absolute atomic E-state index is 0.107. The van der Waals surface area contributed by atoms with Crippen LogP contribution in [0.25, 0.3) is 0 Å². The molecule has 0 bridgehead atoms. The molecule has 1 aromatic rings. The topological polar surface area (TPSA) is 80.9 Å². The van der Waals surface area contributed by atoms with Gasteiger partial charge in [0.05, 0.1) is 6.04 Å². The van der Waals surface area contributed by atoms with Crippen LogP contribution in [0.1, 0.15) is 26.0 Å². The highest BCUT2D eigenvalue weighted by Crippen LogP contribution is 2.11. The van der Waals surface area contributed by atoms with E-state index in [0.29, 0.717) is 10.8 Å². The lowest BCUT2D eigenvalue weighted by Gasteiger charge is -2.17. The minimum atomic E-state index is -0.567. The summed E-state index contributed by atoms with van der Waals surface area (Å²) in [6, 6.07) is 1.05. The molecule has 1 amide bonds. The summed E-state index contributed by atoms with van der Waals surface area (Å²) in [4.78, 5) is 19.7. The first-order valence-electron chi connectivity index (χ1n) is 5.51. The highest BCUT2D eigenvalue weighted by molar-refractivity contribution is 6.29. The number of hydrogen-bond donors (Lipinski definition) is 2. The molecule has 0 aliphatic heterocycles. The number of anilines is 1. The molecule has 1 rings (SSSR count). The van der Waals surface area contributed by atoms with Crippen molar-refractivity contribution in [1.82, 2.24) is 9.97 Å². The number of hydrogen-bond acceptors (Lipinski definition) is 4. The van der Waals surface area contributed by atoms with E-state index in [1.165, 1.54) is 0 Å². The number of aryl methyl sites for hydroxylation is 1. The third-order valence-electron chi connectivity index (χ3n) is 2.62. The van der Waals surface area contributed by atoms with Crippen LogP contribution in [0.5, 0.6) is 0 Å². The van der Waals surface area contributed by atoms with Gasteiger partial charge in [-0.25, -0.2) is 9.97 Å². The summed E-state index contributed by atoms with van der Waals surface area (Å²) < 4.78 is 0. The monoisotopic (exact) mass is 256 g/mol. The van der Waals surface area contributed by atoms with Crippen molar-refractivity contribution >= 4 is 23.5 Å². The maximum Gasteiger partial charge on any atom is 0.243 e. The first kappa shape index (κ1) is 13.9. The molecule has 0 radical (unpaired) electrons. The first-order valence-corrected chi connectivity index (χ1v) is 5.89. The average molecular weight is 257 g/mol. The average Bonchev–Trinajstić information content (AvgIpc) is 2.25. The highest BCUT2D eigenvalue weighted by atomic mass is 35.5. The van der Waals surface area contributed by atoms with Gasteiger partial charge in [-0.3, -0.25) is 10.1 Å². The third kappa shape index (κ3) is 3.94. The second kappa shape index (κ2) is 5.93. The summed E-state index contributed by atoms with van der Waals surface area (Å²) >= 11 is 5.77. The van der Waals surface area contributed by atoms with Gasteiger partial charge in [0.15, 0.2) is 0 Å². The van der Waals surface area contributed by atoms with E-state index in [9.17, 15) is 4.79 Å². The second-order valence-electron chi connectivity index (χ2n) is 4.06. The van der Waals surface area contributed by atoms with E-state index in [2.05, 4.69) is 15.3 Å². The largest absolute Gasteiger partial charge is 0.320 e. The van der Waals surface area contributed by atoms with Gasteiger partial charge in [-0.05, 0) is 18.9 Å². The van der Waals surface area contributed by atoms with Crippen molar-refractivity contribution in [2.75, 3.05) is 5.32 Å². The van der Waals surface area contributed by atoms with Crippen LogP contribution in [-0.4, -0.2) is 21.9 Å². The Morgan fingerprint density at radius 3 is 2.76 bits per heavy atom. The van der Waals surface area contributed by atoms with Gasteiger partial charge in [0.1, 0.15) is 5.15 Å². The van der Waals surface area contributed by atoms with Gasteiger partial charge in [0.2, 0.25) is 11.9 Å². The molecule has 1 heterocycles. The number of carbonyl (C=O) groups excluding carboxylic acids is 1. The predicted octanol–water partition coefficient (Wildman–Crippen LogP) is 1.75. The Morgan fingerprint density at radius 1 is 1.59 bits per heavy atom. The van der Waals surface area contributed by atoms with Crippen molar-refractivity contribution in [1.29, 1.82) is 0 Å². The first-order chi connectivity index (χ1) is 7.93. The molecule has 0 fully saturated rings. The number of aromatic nitrogens is 2. The smallest absolute Gasteiger partial charge is 0.243 e. The van der Waals surface area contributed by atoms with Crippen LogP contribution in [0.2, 0.25) is 5.15 Å². The molecule has 0 aromatic carbocycles. The van der Waals surface area contributed by atoms with Gasteiger partial charge in [0.25, 0.3) is 0 Å². The lowest BCUT2D eigenvalue weighted by molar-refractivity contribution is -0.118. The van der Waals surface area contributed by atoms with Crippen molar-refractivity contribution in [3.05, 3.63) is 16.9 Å². The van der Waals surface area contributed by atoms with Crippen molar-refractivity contribution in [3.8, 4) is 0 Å². The standard InChI is InChI=1S/C11H17ClN4O/c1-4-6(2)9(13)10(17)16-11-14-7(3)5-8(12)15-11/h5-6,9H,4,13H2,1-3H3,(H,14,15,16,17)/t6-,9-/m0/s1. The van der Waals surface area contributed by atoms with Crippen molar-refractivity contribution < 1.29 is 4.79 Å². The lowest BCUT2D eigenvalue weighted by atomic mass is 10.00. The van der Waals surface area contributed by atoms with E-state index in [4.69, 9.17) is 17.3 Å². The summed E-state index contributed by atoms with van der Waals surface area (Å²) in [6.07, 6.45) is 0.837. The Morgan fingerprint density at radius 2 is 2.24 bits per heavy atom. The molecule has 0 aliphatic carbocycles. The Hall–Kier alpha value is -1.20. The van der Waals surface area contributed by atoms with Crippen LogP contribution in [-0.2, 0) is 4.79 Å². The van der Waals surface area contributed by atoms with Crippen molar-refractivity contribution in [3.63, 3.8) is 0 Å². The van der Waals surface area contributed by atoms with E-state index >= 15 is 0 Å². The Kier molecular flexibility index (Phi) is 4.84. The van der Waals surface area contributed by atoms with Gasteiger partial charge >= 0.3 is 0 Å². The Balaban J connectivity index is 2.74. The summed E-state index contributed by atoms with van der Waals surface area (Å²) in [5, 5.41) is 2.86. The van der Waals surface area contributed by atoms with Crippen molar-refractivity contribution in [2.24, 2.45) is 11.7 Å². The normalized spacial score (nSPS) is 14.2. The second-order valence-corrected chi connectivity index (χ2v) is 4.44. The van der Waals surface area contributed by atoms with Crippen LogP contribution >= 0.6 is 11.6 Å². The zero-order valence-electron chi connectivity index (χ0n) is 10.2. The molecular formula is C11H17ClN4O. The van der Waals surface area contributed by atoms with E-state index in [1.54, 1.807) is 13.0 Å². The molecular weight excluding hydrogens is 240 g/mol. The molecule has 1 aromatic heterocycles. The van der Waals surface area contributed by atoms with E-state index in [0.717, 1.165) is 6.42 Å². The quantitative estimate of drug-likeness (QED) is 0.805. The highest BCUT2D eigenvalue weighted by Gasteiger charge is 2.20. The molecule has 17 heavy (non-hydrogen) atoms. The van der Waals surface area contributed by atoms with Crippen LogP contribution in [0.4, 0.5) is 5.95 Å². The Labute approximate surface area is 106 Å². The molecule has 2 atom stereocenters. The summed E-state index contributed by atoms with van der Waals surface area (Å²) in [6.45, 7) is 5.68. The molecule has 0 saturated heterocycles. The molecule has 3 N–H and O–H groups in total. The van der Waals surface area contributed by atoms with Crippen LogP contribution in [0.15, 0.2) is 6.07 Å². The van der Waals surface area contributed by atoms with Gasteiger partial charge in [-0.15, -0.1) is 0 Å².